The van der Waals surface area contributed by atoms with Crippen LogP contribution in [0.15, 0.2) is 36.4 Å². The van der Waals surface area contributed by atoms with Gasteiger partial charge in [-0.2, -0.15) is 0 Å². The Morgan fingerprint density at radius 3 is 2.39 bits per heavy atom. The van der Waals surface area contributed by atoms with Crippen LogP contribution in [-0.4, -0.2) is 13.1 Å². The first kappa shape index (κ1) is 20.5. The number of piperidine rings is 1. The Morgan fingerprint density at radius 2 is 1.82 bits per heavy atom. The Bertz CT molecular complexity index is 853. The molecule has 1 heterocycles. The molecule has 0 aliphatic carbocycles. The van der Waals surface area contributed by atoms with E-state index in [-0.39, 0.29) is 5.82 Å². The van der Waals surface area contributed by atoms with Gasteiger partial charge in [0.05, 0.1) is 5.56 Å². The molecule has 0 saturated carbocycles. The monoisotopic (exact) mass is 377 g/mol. The maximum Gasteiger partial charge on any atom is 0.139 e. The van der Waals surface area contributed by atoms with Crippen LogP contribution in [0.2, 0.25) is 0 Å². The molecule has 0 spiro atoms. The highest BCUT2D eigenvalue weighted by Gasteiger charge is 2.32. The molecule has 0 aromatic heterocycles. The Kier molecular flexibility index (Phi) is 6.45. The smallest absolute Gasteiger partial charge is 0.139 e. The topological polar surface area (TPSA) is 3.24 Å². The van der Waals surface area contributed by atoms with E-state index >= 15 is 0 Å². The quantitative estimate of drug-likeness (QED) is 0.499. The van der Waals surface area contributed by atoms with E-state index in [0.29, 0.717) is 11.0 Å². The maximum atomic E-state index is 14.4. The van der Waals surface area contributed by atoms with Crippen molar-refractivity contribution in [1.29, 1.82) is 0 Å². The third-order valence-corrected chi connectivity index (χ3v) is 6.60. The van der Waals surface area contributed by atoms with Crippen LogP contribution in [0.5, 0.6) is 0 Å². The molecule has 0 atom stereocenters. The van der Waals surface area contributed by atoms with Crippen LogP contribution in [0.1, 0.15) is 64.0 Å². The van der Waals surface area contributed by atoms with E-state index in [0.717, 1.165) is 30.6 Å². The second-order valence-corrected chi connectivity index (χ2v) is 8.13. The van der Waals surface area contributed by atoms with Crippen molar-refractivity contribution in [2.45, 2.75) is 59.3 Å². The highest BCUT2D eigenvalue weighted by molar-refractivity contribution is 5.80. The molecular weight excluding hydrogens is 345 g/mol. The summed E-state index contributed by atoms with van der Waals surface area (Å²) in [6, 6.07) is 11.9. The third kappa shape index (κ3) is 4.09. The Labute approximate surface area is 170 Å². The van der Waals surface area contributed by atoms with Crippen molar-refractivity contribution < 1.29 is 4.39 Å². The van der Waals surface area contributed by atoms with E-state index in [4.69, 9.17) is 6.42 Å². The lowest BCUT2D eigenvalue weighted by Crippen LogP contribution is -2.40. The summed E-state index contributed by atoms with van der Waals surface area (Å²) in [6.45, 7) is 8.92. The van der Waals surface area contributed by atoms with Gasteiger partial charge in [0.25, 0.3) is 0 Å². The van der Waals surface area contributed by atoms with Gasteiger partial charge in [-0.1, -0.05) is 51.7 Å². The molecule has 2 heteroatoms. The second-order valence-electron chi connectivity index (χ2n) is 8.13. The molecule has 28 heavy (non-hydrogen) atoms. The SMILES string of the molecule is C#Cc1ccc(-c2cc(CC)ccc2N2CCC(CC)(CCC)CC2)cc1F. The molecular formula is C26H32FN. The van der Waals surface area contributed by atoms with Gasteiger partial charge in [0.1, 0.15) is 5.82 Å². The van der Waals surface area contributed by atoms with Crippen LogP contribution in [0.4, 0.5) is 10.1 Å². The van der Waals surface area contributed by atoms with Gasteiger partial charge < -0.3 is 4.90 Å². The number of nitrogens with zero attached hydrogens (tertiary/aromatic N) is 1. The van der Waals surface area contributed by atoms with Gasteiger partial charge in [-0.25, -0.2) is 4.39 Å². The lowest BCUT2D eigenvalue weighted by molar-refractivity contribution is 0.188. The lowest BCUT2D eigenvalue weighted by Gasteiger charge is -2.43. The normalized spacial score (nSPS) is 16.0. The van der Waals surface area contributed by atoms with Gasteiger partial charge in [0, 0.05) is 24.3 Å². The zero-order valence-electron chi connectivity index (χ0n) is 17.5. The molecule has 1 nitrogen and oxygen atoms in total. The Morgan fingerprint density at radius 1 is 1.07 bits per heavy atom. The molecule has 1 saturated heterocycles. The van der Waals surface area contributed by atoms with Crippen molar-refractivity contribution in [1.82, 2.24) is 0 Å². The maximum absolute atomic E-state index is 14.4. The van der Waals surface area contributed by atoms with Crippen LogP contribution < -0.4 is 4.90 Å². The highest BCUT2D eigenvalue weighted by Crippen LogP contribution is 2.42. The van der Waals surface area contributed by atoms with Gasteiger partial charge in [-0.15, -0.1) is 6.42 Å². The summed E-state index contributed by atoms with van der Waals surface area (Å²) in [5.74, 6) is 2.10. The number of rotatable bonds is 6. The average molecular weight is 378 g/mol. The molecule has 0 amide bonds. The zero-order chi connectivity index (χ0) is 20.1. The molecule has 2 aromatic rings. The highest BCUT2D eigenvalue weighted by atomic mass is 19.1. The fraction of sp³-hybridized carbons (Fsp3) is 0.462. The molecule has 1 aliphatic heterocycles. The standard InChI is InChI=1S/C26H32FN/c1-5-13-26(8-4)14-16-28(17-15-26)25-12-9-20(6-2)18-23(25)22-11-10-21(7-3)24(27)19-22/h3,9-12,18-19H,5-6,8,13-17H2,1-2,4H3. The van der Waals surface area contributed by atoms with Crippen LogP contribution in [0, 0.1) is 23.6 Å². The lowest BCUT2D eigenvalue weighted by atomic mass is 9.73. The number of terminal acetylenes is 1. The van der Waals surface area contributed by atoms with E-state index in [1.54, 1.807) is 12.1 Å². The van der Waals surface area contributed by atoms with Crippen molar-refractivity contribution in [2.75, 3.05) is 18.0 Å². The van der Waals surface area contributed by atoms with Crippen LogP contribution in [0.25, 0.3) is 11.1 Å². The van der Waals surface area contributed by atoms with Gasteiger partial charge in [-0.3, -0.25) is 0 Å². The van der Waals surface area contributed by atoms with Crippen LogP contribution >= 0.6 is 0 Å². The van der Waals surface area contributed by atoms with Crippen molar-refractivity contribution in [3.63, 3.8) is 0 Å². The number of aryl methyl sites for hydroxylation is 1. The summed E-state index contributed by atoms with van der Waals surface area (Å²) in [6.07, 6.45) is 12.7. The minimum Gasteiger partial charge on any atom is -0.371 e. The predicted octanol–water partition coefficient (Wildman–Crippen LogP) is 6.83. The third-order valence-electron chi connectivity index (χ3n) is 6.60. The number of hydrogen-bond donors (Lipinski definition) is 0. The van der Waals surface area contributed by atoms with E-state index in [9.17, 15) is 4.39 Å². The zero-order valence-corrected chi connectivity index (χ0v) is 17.5. The Balaban J connectivity index is 1.95. The number of hydrogen-bond acceptors (Lipinski definition) is 1. The molecule has 0 unspecified atom stereocenters. The fourth-order valence-electron chi connectivity index (χ4n) is 4.64. The fourth-order valence-corrected chi connectivity index (χ4v) is 4.64. The van der Waals surface area contributed by atoms with Crippen molar-refractivity contribution in [3.8, 4) is 23.5 Å². The summed E-state index contributed by atoms with van der Waals surface area (Å²) in [7, 11) is 0. The summed E-state index contributed by atoms with van der Waals surface area (Å²) >= 11 is 0. The molecule has 0 bridgehead atoms. The first-order valence-electron chi connectivity index (χ1n) is 10.7. The van der Waals surface area contributed by atoms with E-state index in [2.05, 4.69) is 49.8 Å². The van der Waals surface area contributed by atoms with E-state index in [1.807, 2.05) is 6.07 Å². The van der Waals surface area contributed by atoms with Crippen LogP contribution in [0.3, 0.4) is 0 Å². The van der Waals surface area contributed by atoms with Crippen molar-refractivity contribution in [2.24, 2.45) is 5.41 Å². The Hall–Kier alpha value is -2.27. The van der Waals surface area contributed by atoms with E-state index < -0.39 is 0 Å². The molecule has 148 valence electrons. The minimum absolute atomic E-state index is 0.320. The summed E-state index contributed by atoms with van der Waals surface area (Å²) < 4.78 is 14.4. The molecule has 0 N–H and O–H groups in total. The summed E-state index contributed by atoms with van der Waals surface area (Å²) in [5, 5.41) is 0. The van der Waals surface area contributed by atoms with Gasteiger partial charge in [0.15, 0.2) is 0 Å². The molecule has 3 rings (SSSR count). The van der Waals surface area contributed by atoms with Gasteiger partial charge >= 0.3 is 0 Å². The van der Waals surface area contributed by atoms with Gasteiger partial charge in [-0.05, 0) is 66.5 Å². The summed E-state index contributed by atoms with van der Waals surface area (Å²) in [4.78, 5) is 2.49. The number of anilines is 1. The van der Waals surface area contributed by atoms with E-state index in [1.165, 1.54) is 43.4 Å². The number of halogens is 1. The van der Waals surface area contributed by atoms with Crippen LogP contribution in [-0.2, 0) is 6.42 Å². The molecule has 2 aromatic carbocycles. The molecule has 1 aliphatic rings. The first-order valence-corrected chi connectivity index (χ1v) is 10.7. The predicted molar refractivity (Wildman–Crippen MR) is 118 cm³/mol. The largest absolute Gasteiger partial charge is 0.371 e. The molecule has 0 radical (unpaired) electrons. The second kappa shape index (κ2) is 8.82. The summed E-state index contributed by atoms with van der Waals surface area (Å²) in [5.41, 5.74) is 5.32. The number of benzene rings is 2. The molecule has 1 fully saturated rings. The van der Waals surface area contributed by atoms with Crippen molar-refractivity contribution >= 4 is 5.69 Å². The minimum atomic E-state index is -0.320. The first-order chi connectivity index (χ1) is 13.6. The van der Waals surface area contributed by atoms with Gasteiger partial charge in [0.2, 0.25) is 0 Å². The van der Waals surface area contributed by atoms with Crippen molar-refractivity contribution in [3.05, 3.63) is 53.3 Å². The average Bonchev–Trinajstić information content (AvgIpc) is 2.74.